The van der Waals surface area contributed by atoms with Gasteiger partial charge < -0.3 is 4.98 Å². The number of nitrogens with zero attached hydrogens (tertiary/aromatic N) is 1. The van der Waals surface area contributed by atoms with Gasteiger partial charge in [-0.15, -0.1) is 0 Å². The molecule has 16 heavy (non-hydrogen) atoms. The number of aromatic nitrogens is 2. The maximum absolute atomic E-state index is 4.37. The normalized spacial score (nSPS) is 13.3. The summed E-state index contributed by atoms with van der Waals surface area (Å²) in [5.74, 6) is 1.45. The highest BCUT2D eigenvalue weighted by Gasteiger charge is 2.06. The van der Waals surface area contributed by atoms with Crippen LogP contribution in [0.1, 0.15) is 45.1 Å². The molecule has 0 saturated heterocycles. The smallest absolute Gasteiger partial charge is 0.109 e. The lowest BCUT2D eigenvalue weighted by molar-refractivity contribution is 0.793. The fraction of sp³-hybridized carbons (Fsp3) is 0.357. The molecule has 0 spiro atoms. The summed E-state index contributed by atoms with van der Waals surface area (Å²) in [5, 5.41) is 0. The number of hydrogen-bond acceptors (Lipinski definition) is 1. The molecule has 86 valence electrons. The van der Waals surface area contributed by atoms with Gasteiger partial charge in [0.25, 0.3) is 0 Å². The monoisotopic (exact) mass is 216 g/mol. The Bertz CT molecular complexity index is 420. The molecule has 2 nitrogen and oxygen atoms in total. The standard InChI is InChI=1S/C14H20N2/c1-6-11(5)8-12(7-2)13-9-15-14(16-13)10(3)4/h6-10H,1H2,2-5H3,(H,15,16)/b11-8-,12-7+. The van der Waals surface area contributed by atoms with Crippen LogP contribution in [0.4, 0.5) is 0 Å². The second-order valence-electron chi connectivity index (χ2n) is 4.17. The Kier molecular flexibility index (Phi) is 4.29. The van der Waals surface area contributed by atoms with Crippen LogP contribution >= 0.6 is 0 Å². The van der Waals surface area contributed by atoms with Crippen molar-refractivity contribution in [1.82, 2.24) is 9.97 Å². The van der Waals surface area contributed by atoms with Gasteiger partial charge in [-0.05, 0) is 19.4 Å². The van der Waals surface area contributed by atoms with Crippen molar-refractivity contribution in [3.63, 3.8) is 0 Å². The summed E-state index contributed by atoms with van der Waals surface area (Å²) in [7, 11) is 0. The molecule has 1 N–H and O–H groups in total. The van der Waals surface area contributed by atoms with Crippen LogP contribution in [0.5, 0.6) is 0 Å². The van der Waals surface area contributed by atoms with Crippen LogP contribution in [0, 0.1) is 0 Å². The highest BCUT2D eigenvalue weighted by Crippen LogP contribution is 2.18. The number of hydrogen-bond donors (Lipinski definition) is 1. The van der Waals surface area contributed by atoms with Gasteiger partial charge in [0.2, 0.25) is 0 Å². The van der Waals surface area contributed by atoms with E-state index in [9.17, 15) is 0 Å². The summed E-state index contributed by atoms with van der Waals surface area (Å²) >= 11 is 0. The van der Waals surface area contributed by atoms with Gasteiger partial charge in [-0.25, -0.2) is 4.98 Å². The van der Waals surface area contributed by atoms with E-state index in [4.69, 9.17) is 0 Å². The van der Waals surface area contributed by atoms with E-state index in [1.54, 1.807) is 0 Å². The van der Waals surface area contributed by atoms with Crippen LogP contribution in [-0.2, 0) is 0 Å². The van der Waals surface area contributed by atoms with Gasteiger partial charge in [-0.1, -0.05) is 44.2 Å². The van der Waals surface area contributed by atoms with E-state index < -0.39 is 0 Å². The predicted molar refractivity (Wildman–Crippen MR) is 70.3 cm³/mol. The van der Waals surface area contributed by atoms with Crippen LogP contribution in [0.3, 0.4) is 0 Å². The third kappa shape index (κ3) is 2.96. The second-order valence-corrected chi connectivity index (χ2v) is 4.17. The van der Waals surface area contributed by atoms with E-state index in [1.807, 2.05) is 26.1 Å². The molecule has 1 aromatic heterocycles. The first-order valence-electron chi connectivity index (χ1n) is 5.60. The molecule has 0 aliphatic carbocycles. The molecule has 0 fully saturated rings. The van der Waals surface area contributed by atoms with Crippen molar-refractivity contribution in [2.75, 3.05) is 0 Å². The average Bonchev–Trinajstić information content (AvgIpc) is 2.74. The van der Waals surface area contributed by atoms with E-state index in [0.717, 1.165) is 22.7 Å². The van der Waals surface area contributed by atoms with Gasteiger partial charge >= 0.3 is 0 Å². The molecule has 0 aromatic carbocycles. The molecule has 0 bridgehead atoms. The first-order chi connectivity index (χ1) is 7.58. The summed E-state index contributed by atoms with van der Waals surface area (Å²) in [6.45, 7) is 12.1. The summed E-state index contributed by atoms with van der Waals surface area (Å²) in [6, 6.07) is 0. The Balaban J connectivity index is 3.01. The van der Waals surface area contributed by atoms with Crippen molar-refractivity contribution < 1.29 is 0 Å². The second kappa shape index (κ2) is 5.50. The highest BCUT2D eigenvalue weighted by molar-refractivity contribution is 5.72. The molecule has 0 unspecified atom stereocenters. The first-order valence-corrected chi connectivity index (χ1v) is 5.60. The third-order valence-corrected chi connectivity index (χ3v) is 2.47. The largest absolute Gasteiger partial charge is 0.342 e. The van der Waals surface area contributed by atoms with E-state index in [1.165, 1.54) is 0 Å². The van der Waals surface area contributed by atoms with Crippen molar-refractivity contribution in [3.05, 3.63) is 48.1 Å². The van der Waals surface area contributed by atoms with Crippen molar-refractivity contribution in [2.24, 2.45) is 0 Å². The van der Waals surface area contributed by atoms with Crippen molar-refractivity contribution >= 4 is 5.57 Å². The summed E-state index contributed by atoms with van der Waals surface area (Å²) < 4.78 is 0. The number of imidazole rings is 1. The summed E-state index contributed by atoms with van der Waals surface area (Å²) in [5.41, 5.74) is 3.36. The number of allylic oxidation sites excluding steroid dienone is 5. The van der Waals surface area contributed by atoms with Gasteiger partial charge in [0.15, 0.2) is 0 Å². The number of rotatable bonds is 4. The molecule has 0 atom stereocenters. The van der Waals surface area contributed by atoms with Crippen molar-refractivity contribution in [2.45, 2.75) is 33.6 Å². The SMILES string of the molecule is C=C/C(C)=C\C(=C/C)c1cnc(C(C)C)[nH]1. The van der Waals surface area contributed by atoms with E-state index >= 15 is 0 Å². The Labute approximate surface area is 97.8 Å². The van der Waals surface area contributed by atoms with Crippen LogP contribution in [-0.4, -0.2) is 9.97 Å². The van der Waals surface area contributed by atoms with Gasteiger partial charge in [0.1, 0.15) is 5.82 Å². The van der Waals surface area contributed by atoms with Crippen LogP contribution in [0.2, 0.25) is 0 Å². The minimum atomic E-state index is 0.427. The van der Waals surface area contributed by atoms with Crippen molar-refractivity contribution in [1.29, 1.82) is 0 Å². The molecule has 1 rings (SSSR count). The Hall–Kier alpha value is -1.57. The van der Waals surface area contributed by atoms with Crippen molar-refractivity contribution in [3.8, 4) is 0 Å². The summed E-state index contributed by atoms with van der Waals surface area (Å²) in [6.07, 6.45) is 7.91. The average molecular weight is 216 g/mol. The zero-order chi connectivity index (χ0) is 12.1. The van der Waals surface area contributed by atoms with E-state index in [2.05, 4.69) is 42.5 Å². The Morgan fingerprint density at radius 2 is 2.19 bits per heavy atom. The number of nitrogens with one attached hydrogen (secondary N) is 1. The minimum Gasteiger partial charge on any atom is -0.342 e. The maximum Gasteiger partial charge on any atom is 0.109 e. The minimum absolute atomic E-state index is 0.427. The molecular weight excluding hydrogens is 196 g/mol. The van der Waals surface area contributed by atoms with Crippen LogP contribution in [0.15, 0.2) is 36.6 Å². The quantitative estimate of drug-likeness (QED) is 0.755. The number of aromatic amines is 1. The Morgan fingerprint density at radius 1 is 1.50 bits per heavy atom. The molecule has 1 aromatic rings. The van der Waals surface area contributed by atoms with Gasteiger partial charge in [-0.3, -0.25) is 0 Å². The fourth-order valence-corrected chi connectivity index (χ4v) is 1.40. The molecular formula is C14H20N2. The highest BCUT2D eigenvalue weighted by atomic mass is 14.9. The first kappa shape index (κ1) is 12.5. The molecule has 0 aliphatic rings. The van der Waals surface area contributed by atoms with Gasteiger partial charge in [0, 0.05) is 5.92 Å². The molecule has 0 amide bonds. The lowest BCUT2D eigenvalue weighted by Crippen LogP contribution is -1.90. The molecule has 0 aliphatic heterocycles. The zero-order valence-electron chi connectivity index (χ0n) is 10.5. The van der Waals surface area contributed by atoms with Crippen LogP contribution in [0.25, 0.3) is 5.57 Å². The van der Waals surface area contributed by atoms with E-state index in [0.29, 0.717) is 5.92 Å². The molecule has 0 radical (unpaired) electrons. The molecule has 1 heterocycles. The topological polar surface area (TPSA) is 28.7 Å². The van der Waals surface area contributed by atoms with E-state index in [-0.39, 0.29) is 0 Å². The van der Waals surface area contributed by atoms with Crippen LogP contribution < -0.4 is 0 Å². The number of H-pyrrole nitrogens is 1. The maximum atomic E-state index is 4.37. The zero-order valence-corrected chi connectivity index (χ0v) is 10.5. The van der Waals surface area contributed by atoms with Gasteiger partial charge in [-0.2, -0.15) is 0 Å². The Morgan fingerprint density at radius 3 is 2.62 bits per heavy atom. The van der Waals surface area contributed by atoms with Gasteiger partial charge in [0.05, 0.1) is 11.9 Å². The lowest BCUT2D eigenvalue weighted by Gasteiger charge is -2.01. The summed E-state index contributed by atoms with van der Waals surface area (Å²) in [4.78, 5) is 7.70. The predicted octanol–water partition coefficient (Wildman–Crippen LogP) is 4.07. The third-order valence-electron chi connectivity index (χ3n) is 2.47. The fourth-order valence-electron chi connectivity index (χ4n) is 1.40. The molecule has 0 saturated carbocycles. The lowest BCUT2D eigenvalue weighted by atomic mass is 10.1. The molecule has 2 heteroatoms.